The van der Waals surface area contributed by atoms with Crippen molar-refractivity contribution in [3.63, 3.8) is 0 Å². The van der Waals surface area contributed by atoms with E-state index in [0.29, 0.717) is 5.58 Å². The summed E-state index contributed by atoms with van der Waals surface area (Å²) in [4.78, 5) is 19.0. The molecule has 0 bridgehead atoms. The van der Waals surface area contributed by atoms with E-state index >= 15 is 0 Å². The summed E-state index contributed by atoms with van der Waals surface area (Å²) < 4.78 is 4.91. The van der Waals surface area contributed by atoms with Crippen molar-refractivity contribution >= 4 is 23.2 Å². The normalized spacial score (nSPS) is 9.33. The average molecular weight is 253 g/mol. The quantitative estimate of drug-likeness (QED) is 0.634. The second-order valence-corrected chi connectivity index (χ2v) is 3.19. The van der Waals surface area contributed by atoms with E-state index in [2.05, 4.69) is 16.2 Å². The predicted octanol–water partition coefficient (Wildman–Crippen LogP) is 1.22. The maximum Gasteiger partial charge on any atom is 0.404 e. The molecule has 96 valence electrons. The van der Waals surface area contributed by atoms with Crippen LogP contribution in [0.3, 0.4) is 0 Å². The van der Waals surface area contributed by atoms with E-state index in [-0.39, 0.29) is 6.54 Å². The first-order valence-corrected chi connectivity index (χ1v) is 4.77. The Kier molecular flexibility index (Phi) is 4.50. The maximum atomic E-state index is 10.2. The number of nitrogens with zero attached hydrogens (tertiary/aromatic N) is 1. The van der Waals surface area contributed by atoms with Crippen LogP contribution in [0, 0.1) is 0 Å². The molecule has 0 saturated heterocycles. The lowest BCUT2D eigenvalue weighted by molar-refractivity contribution is 0.194. The topological polar surface area (TPSA) is 139 Å². The van der Waals surface area contributed by atoms with Gasteiger partial charge in [-0.05, 0) is 17.7 Å². The Hall–Kier alpha value is -2.77. The Morgan fingerprint density at radius 3 is 2.67 bits per heavy atom. The third kappa shape index (κ3) is 4.39. The van der Waals surface area contributed by atoms with Gasteiger partial charge in [0.15, 0.2) is 5.58 Å². The third-order valence-corrected chi connectivity index (χ3v) is 1.86. The van der Waals surface area contributed by atoms with Crippen LogP contribution >= 0.6 is 0 Å². The summed E-state index contributed by atoms with van der Waals surface area (Å²) in [6, 6.07) is 5.40. The van der Waals surface area contributed by atoms with Gasteiger partial charge in [-0.25, -0.2) is 9.59 Å². The minimum absolute atomic E-state index is 0.288. The second kappa shape index (κ2) is 6.09. The number of carboxylic acid groups (broad SMARTS) is 2. The van der Waals surface area contributed by atoms with Gasteiger partial charge in [0.2, 0.25) is 0 Å². The first-order chi connectivity index (χ1) is 8.49. The minimum Gasteiger partial charge on any atom is -0.465 e. The van der Waals surface area contributed by atoms with Crippen LogP contribution in [-0.2, 0) is 6.54 Å². The summed E-state index contributed by atoms with van der Waals surface area (Å²) >= 11 is 0. The predicted molar refractivity (Wildman–Crippen MR) is 61.1 cm³/mol. The molecule has 2 aromatic rings. The molecule has 1 heterocycles. The van der Waals surface area contributed by atoms with Crippen LogP contribution in [0.4, 0.5) is 9.59 Å². The highest BCUT2D eigenvalue weighted by molar-refractivity contribution is 5.76. The Balaban J connectivity index is 0.000000357. The van der Waals surface area contributed by atoms with Crippen LogP contribution in [0.5, 0.6) is 0 Å². The van der Waals surface area contributed by atoms with Crippen molar-refractivity contribution < 1.29 is 24.3 Å². The smallest absolute Gasteiger partial charge is 0.404 e. The number of nitrogens with one attached hydrogen (secondary N) is 1. The number of amides is 2. The summed E-state index contributed by atoms with van der Waals surface area (Å²) in [5, 5.41) is 22.4. The lowest BCUT2D eigenvalue weighted by atomic mass is 10.2. The molecule has 8 heteroatoms. The fraction of sp³-hybridized carbons (Fsp3) is 0.100. The molecule has 2 rings (SSSR count). The maximum absolute atomic E-state index is 10.2. The first-order valence-electron chi connectivity index (χ1n) is 4.77. The summed E-state index contributed by atoms with van der Waals surface area (Å²) in [7, 11) is 0. The van der Waals surface area contributed by atoms with Crippen molar-refractivity contribution in [3.05, 3.63) is 30.0 Å². The van der Waals surface area contributed by atoms with E-state index < -0.39 is 12.2 Å². The fourth-order valence-electron chi connectivity index (χ4n) is 1.21. The number of rotatable bonds is 2. The van der Waals surface area contributed by atoms with Crippen molar-refractivity contribution in [3.8, 4) is 0 Å². The molecule has 0 spiro atoms. The number of carbonyl (C=O) groups is 2. The SMILES string of the molecule is NC(=O)O.O=C(O)NCc1ccc2oncc2c1. The van der Waals surface area contributed by atoms with E-state index in [4.69, 9.17) is 19.5 Å². The summed E-state index contributed by atoms with van der Waals surface area (Å²) in [6.07, 6.45) is -0.769. The molecule has 0 aliphatic rings. The first kappa shape index (κ1) is 13.3. The van der Waals surface area contributed by atoms with E-state index in [0.717, 1.165) is 10.9 Å². The largest absolute Gasteiger partial charge is 0.465 e. The van der Waals surface area contributed by atoms with Crippen LogP contribution in [0.15, 0.2) is 28.9 Å². The fourth-order valence-corrected chi connectivity index (χ4v) is 1.21. The van der Waals surface area contributed by atoms with E-state index in [1.807, 2.05) is 6.07 Å². The van der Waals surface area contributed by atoms with Gasteiger partial charge in [-0.3, -0.25) is 0 Å². The highest BCUT2D eigenvalue weighted by atomic mass is 16.5. The second-order valence-electron chi connectivity index (χ2n) is 3.19. The number of hydrogen-bond donors (Lipinski definition) is 4. The molecule has 0 fully saturated rings. The standard InChI is InChI=1S/C9H8N2O3.CH3NO2/c12-9(13)10-4-6-1-2-8-7(3-6)5-11-14-8;2-1(3)4/h1-3,5,10H,4H2,(H,12,13);2H2,(H,3,4). The molecule has 0 aliphatic heterocycles. The van der Waals surface area contributed by atoms with Gasteiger partial charge in [0, 0.05) is 11.9 Å². The Labute approximate surface area is 101 Å². The summed E-state index contributed by atoms with van der Waals surface area (Å²) in [5.74, 6) is 0. The zero-order valence-electron chi connectivity index (χ0n) is 9.16. The van der Waals surface area contributed by atoms with Gasteiger partial charge >= 0.3 is 12.2 Å². The van der Waals surface area contributed by atoms with E-state index in [9.17, 15) is 4.79 Å². The van der Waals surface area contributed by atoms with Crippen molar-refractivity contribution in [1.29, 1.82) is 0 Å². The highest BCUT2D eigenvalue weighted by Crippen LogP contribution is 2.14. The lowest BCUT2D eigenvalue weighted by Gasteiger charge is -1.99. The van der Waals surface area contributed by atoms with E-state index in [1.165, 1.54) is 0 Å². The van der Waals surface area contributed by atoms with Gasteiger partial charge < -0.3 is 25.8 Å². The van der Waals surface area contributed by atoms with Crippen molar-refractivity contribution in [2.24, 2.45) is 5.73 Å². The molecule has 1 aromatic carbocycles. The van der Waals surface area contributed by atoms with Gasteiger partial charge in [0.25, 0.3) is 0 Å². The molecule has 2 amide bonds. The number of primary amides is 1. The van der Waals surface area contributed by atoms with Crippen LogP contribution < -0.4 is 11.1 Å². The molecule has 8 nitrogen and oxygen atoms in total. The third-order valence-electron chi connectivity index (χ3n) is 1.86. The Morgan fingerprint density at radius 1 is 1.39 bits per heavy atom. The van der Waals surface area contributed by atoms with Gasteiger partial charge in [-0.2, -0.15) is 0 Å². The van der Waals surface area contributed by atoms with Gasteiger partial charge in [-0.15, -0.1) is 0 Å². The molecule has 18 heavy (non-hydrogen) atoms. The Morgan fingerprint density at radius 2 is 2.06 bits per heavy atom. The zero-order chi connectivity index (χ0) is 13.5. The molecule has 1 aromatic heterocycles. The number of hydrogen-bond acceptors (Lipinski definition) is 4. The molecule has 0 atom stereocenters. The number of aromatic nitrogens is 1. The van der Waals surface area contributed by atoms with E-state index in [1.54, 1.807) is 18.3 Å². The highest BCUT2D eigenvalue weighted by Gasteiger charge is 2.01. The van der Waals surface area contributed by atoms with Gasteiger partial charge in [0.05, 0.1) is 6.20 Å². The van der Waals surface area contributed by atoms with Crippen molar-refractivity contribution in [1.82, 2.24) is 10.5 Å². The summed E-state index contributed by atoms with van der Waals surface area (Å²) in [5.41, 5.74) is 5.60. The van der Waals surface area contributed by atoms with Crippen LogP contribution in [-0.4, -0.2) is 27.6 Å². The molecular formula is C10H11N3O5. The number of benzene rings is 1. The number of fused-ring (bicyclic) bond motifs is 1. The molecule has 5 N–H and O–H groups in total. The molecule has 0 unspecified atom stereocenters. The monoisotopic (exact) mass is 253 g/mol. The van der Waals surface area contributed by atoms with Gasteiger partial charge in [-0.1, -0.05) is 11.2 Å². The van der Waals surface area contributed by atoms with Crippen molar-refractivity contribution in [2.75, 3.05) is 0 Å². The molecule has 0 radical (unpaired) electrons. The van der Waals surface area contributed by atoms with Crippen LogP contribution in [0.25, 0.3) is 11.0 Å². The zero-order valence-corrected chi connectivity index (χ0v) is 9.16. The molecular weight excluding hydrogens is 242 g/mol. The average Bonchev–Trinajstić information content (AvgIpc) is 2.72. The molecule has 0 saturated carbocycles. The number of nitrogens with two attached hydrogens (primary N) is 1. The lowest BCUT2D eigenvalue weighted by Crippen LogP contribution is -2.19. The Bertz CT molecular complexity index is 547. The van der Waals surface area contributed by atoms with Crippen LogP contribution in [0.1, 0.15) is 5.56 Å². The van der Waals surface area contributed by atoms with Crippen LogP contribution in [0.2, 0.25) is 0 Å². The van der Waals surface area contributed by atoms with Gasteiger partial charge in [0.1, 0.15) is 0 Å². The summed E-state index contributed by atoms with van der Waals surface area (Å²) in [6.45, 7) is 0.288. The molecule has 0 aliphatic carbocycles. The van der Waals surface area contributed by atoms with Crippen molar-refractivity contribution in [2.45, 2.75) is 6.54 Å². The minimum atomic E-state index is -1.33.